The smallest absolute Gasteiger partial charge is 0.254 e. The highest BCUT2D eigenvalue weighted by atomic mass is 32.2. The second kappa shape index (κ2) is 7.07. The highest BCUT2D eigenvalue weighted by molar-refractivity contribution is 7.91. The largest absolute Gasteiger partial charge is 0.360 e. The number of likely N-dealkylation sites (tertiary alicyclic amines) is 1. The number of nitrogens with one attached hydrogen (secondary N) is 2. The van der Waals surface area contributed by atoms with Crippen molar-refractivity contribution >= 4 is 32.6 Å². The zero-order valence-corrected chi connectivity index (χ0v) is 19.7. The Kier molecular flexibility index (Phi) is 4.75. The first-order valence-corrected chi connectivity index (χ1v) is 13.2. The lowest BCUT2D eigenvalue weighted by Gasteiger charge is -2.39. The van der Waals surface area contributed by atoms with Gasteiger partial charge in [-0.2, -0.15) is 0 Å². The molecule has 3 unspecified atom stereocenters. The summed E-state index contributed by atoms with van der Waals surface area (Å²) in [6, 6.07) is 5.35. The van der Waals surface area contributed by atoms with Gasteiger partial charge in [0.25, 0.3) is 11.8 Å². The molecular weight excluding hydrogens is 426 g/mol. The van der Waals surface area contributed by atoms with Gasteiger partial charge in [-0.05, 0) is 54.7 Å². The summed E-state index contributed by atoms with van der Waals surface area (Å²) in [6.45, 7) is 7.64. The SMILES string of the molecule is CC1(C)CC2CC(C)(CN2C(=O)c2ccc3[nH]cc(C(=O)NC4CCS(=O)(=O)C4)c3c2)C1. The van der Waals surface area contributed by atoms with Crippen LogP contribution in [0.25, 0.3) is 10.9 Å². The van der Waals surface area contributed by atoms with Crippen molar-refractivity contribution in [3.8, 4) is 0 Å². The molecule has 2 saturated heterocycles. The summed E-state index contributed by atoms with van der Waals surface area (Å²) in [7, 11) is -3.07. The number of rotatable bonds is 3. The van der Waals surface area contributed by atoms with E-state index in [0.717, 1.165) is 31.3 Å². The van der Waals surface area contributed by atoms with Crippen LogP contribution in [0.3, 0.4) is 0 Å². The van der Waals surface area contributed by atoms with Gasteiger partial charge in [-0.3, -0.25) is 9.59 Å². The van der Waals surface area contributed by atoms with Crippen molar-refractivity contribution in [2.24, 2.45) is 10.8 Å². The van der Waals surface area contributed by atoms with E-state index in [4.69, 9.17) is 0 Å². The molecule has 3 atom stereocenters. The Labute approximate surface area is 188 Å². The van der Waals surface area contributed by atoms with Gasteiger partial charge in [0.05, 0.1) is 17.1 Å². The first kappa shape index (κ1) is 21.5. The van der Waals surface area contributed by atoms with Gasteiger partial charge in [-0.25, -0.2) is 8.42 Å². The molecule has 1 aromatic heterocycles. The van der Waals surface area contributed by atoms with E-state index in [1.165, 1.54) is 0 Å². The normalized spacial score (nSPS) is 30.5. The predicted molar refractivity (Wildman–Crippen MR) is 123 cm³/mol. The molecule has 0 spiro atoms. The maximum atomic E-state index is 13.5. The van der Waals surface area contributed by atoms with Gasteiger partial charge in [0, 0.05) is 41.3 Å². The van der Waals surface area contributed by atoms with Crippen LogP contribution in [-0.4, -0.2) is 60.3 Å². The third kappa shape index (κ3) is 3.83. The van der Waals surface area contributed by atoms with Crippen LogP contribution in [0.4, 0.5) is 0 Å². The number of H-pyrrole nitrogens is 1. The summed E-state index contributed by atoms with van der Waals surface area (Å²) >= 11 is 0. The molecule has 172 valence electrons. The first-order chi connectivity index (χ1) is 14.9. The summed E-state index contributed by atoms with van der Waals surface area (Å²) in [4.78, 5) is 31.5. The molecule has 2 N–H and O–H groups in total. The Balaban J connectivity index is 1.39. The van der Waals surface area contributed by atoms with Crippen LogP contribution < -0.4 is 5.32 Å². The third-order valence-electron chi connectivity index (χ3n) is 7.42. The Hall–Kier alpha value is -2.35. The number of hydrogen-bond donors (Lipinski definition) is 2. The molecule has 3 aliphatic rings. The predicted octanol–water partition coefficient (Wildman–Crippen LogP) is 3.13. The van der Waals surface area contributed by atoms with E-state index in [2.05, 4.69) is 31.1 Å². The second-order valence-electron chi connectivity index (χ2n) is 11.2. The monoisotopic (exact) mass is 457 g/mol. The minimum Gasteiger partial charge on any atom is -0.360 e. The van der Waals surface area contributed by atoms with Crippen LogP contribution in [-0.2, 0) is 9.84 Å². The van der Waals surface area contributed by atoms with Crippen molar-refractivity contribution in [2.45, 2.75) is 58.5 Å². The number of hydrogen-bond acceptors (Lipinski definition) is 4. The van der Waals surface area contributed by atoms with Gasteiger partial charge in [0.1, 0.15) is 0 Å². The van der Waals surface area contributed by atoms with Gasteiger partial charge >= 0.3 is 0 Å². The van der Waals surface area contributed by atoms with Crippen molar-refractivity contribution in [1.82, 2.24) is 15.2 Å². The third-order valence-corrected chi connectivity index (χ3v) is 9.18. The molecule has 5 rings (SSSR count). The number of amides is 2. The van der Waals surface area contributed by atoms with Crippen molar-refractivity contribution in [2.75, 3.05) is 18.1 Å². The van der Waals surface area contributed by atoms with Crippen molar-refractivity contribution in [3.05, 3.63) is 35.5 Å². The van der Waals surface area contributed by atoms with Crippen LogP contribution in [0.2, 0.25) is 0 Å². The molecule has 2 aliphatic heterocycles. The zero-order chi connectivity index (χ0) is 22.9. The lowest BCUT2D eigenvalue weighted by atomic mass is 9.65. The number of sulfone groups is 1. The molecular formula is C24H31N3O4S. The average molecular weight is 458 g/mol. The van der Waals surface area contributed by atoms with E-state index < -0.39 is 9.84 Å². The molecule has 2 amide bonds. The second-order valence-corrected chi connectivity index (χ2v) is 13.4. The highest BCUT2D eigenvalue weighted by Gasteiger charge is 2.51. The lowest BCUT2D eigenvalue weighted by molar-refractivity contribution is 0.0708. The van der Waals surface area contributed by atoms with Crippen LogP contribution in [0.1, 0.15) is 67.2 Å². The summed E-state index contributed by atoms with van der Waals surface area (Å²) in [5, 5.41) is 3.53. The maximum Gasteiger partial charge on any atom is 0.254 e. The van der Waals surface area contributed by atoms with E-state index in [0.29, 0.717) is 22.9 Å². The molecule has 1 saturated carbocycles. The molecule has 1 aromatic carbocycles. The summed E-state index contributed by atoms with van der Waals surface area (Å²) in [5.74, 6) is -0.199. The van der Waals surface area contributed by atoms with E-state index in [-0.39, 0.29) is 46.2 Å². The van der Waals surface area contributed by atoms with Gasteiger partial charge in [0.2, 0.25) is 0 Å². The number of fused-ring (bicyclic) bond motifs is 3. The summed E-state index contributed by atoms with van der Waals surface area (Å²) in [6.07, 6.45) is 5.25. The quantitative estimate of drug-likeness (QED) is 0.740. The van der Waals surface area contributed by atoms with Crippen molar-refractivity contribution < 1.29 is 18.0 Å². The minimum atomic E-state index is -3.07. The molecule has 32 heavy (non-hydrogen) atoms. The van der Waals surface area contributed by atoms with Gasteiger partial charge in [-0.15, -0.1) is 0 Å². The molecule has 3 fully saturated rings. The Morgan fingerprint density at radius 1 is 1.19 bits per heavy atom. The highest BCUT2D eigenvalue weighted by Crippen LogP contribution is 2.52. The van der Waals surface area contributed by atoms with E-state index in [1.54, 1.807) is 12.3 Å². The number of aromatic amines is 1. The number of carbonyl (C=O) groups is 2. The van der Waals surface area contributed by atoms with E-state index in [1.807, 2.05) is 17.0 Å². The summed E-state index contributed by atoms with van der Waals surface area (Å²) < 4.78 is 23.4. The van der Waals surface area contributed by atoms with Crippen molar-refractivity contribution in [3.63, 3.8) is 0 Å². The fourth-order valence-corrected chi connectivity index (χ4v) is 8.15. The molecule has 0 radical (unpaired) electrons. The Morgan fingerprint density at radius 3 is 2.69 bits per heavy atom. The van der Waals surface area contributed by atoms with Crippen LogP contribution in [0.15, 0.2) is 24.4 Å². The number of aromatic nitrogens is 1. The average Bonchev–Trinajstić information content (AvgIpc) is 3.32. The molecule has 1 aliphatic carbocycles. The topological polar surface area (TPSA) is 99.3 Å². The standard InChI is InChI=1S/C24H31N3O4S/c1-23(2)9-17-10-24(3,13-23)14-27(17)22(29)15-4-5-20-18(8-15)19(11-25-20)21(28)26-16-6-7-32(30,31)12-16/h4-5,8,11,16-17,25H,6-7,9-10,12-14H2,1-3H3,(H,26,28). The fourth-order valence-electron chi connectivity index (χ4n) is 6.48. The van der Waals surface area contributed by atoms with E-state index >= 15 is 0 Å². The molecule has 2 bridgehead atoms. The Bertz CT molecular complexity index is 1220. The van der Waals surface area contributed by atoms with Crippen molar-refractivity contribution in [1.29, 1.82) is 0 Å². The number of carbonyl (C=O) groups excluding carboxylic acids is 2. The Morgan fingerprint density at radius 2 is 1.97 bits per heavy atom. The van der Waals surface area contributed by atoms with Gasteiger partial charge in [-0.1, -0.05) is 20.8 Å². The van der Waals surface area contributed by atoms with E-state index in [9.17, 15) is 18.0 Å². The minimum absolute atomic E-state index is 0.0176. The molecule has 7 nitrogen and oxygen atoms in total. The van der Waals surface area contributed by atoms with Crippen LogP contribution >= 0.6 is 0 Å². The number of benzene rings is 1. The van der Waals surface area contributed by atoms with Crippen LogP contribution in [0.5, 0.6) is 0 Å². The molecule has 8 heteroatoms. The first-order valence-electron chi connectivity index (χ1n) is 11.4. The number of nitrogens with zero attached hydrogens (tertiary/aromatic N) is 1. The zero-order valence-electron chi connectivity index (χ0n) is 18.9. The van der Waals surface area contributed by atoms with Crippen LogP contribution in [0, 0.1) is 10.8 Å². The summed E-state index contributed by atoms with van der Waals surface area (Å²) in [5.41, 5.74) is 2.19. The lowest BCUT2D eigenvalue weighted by Crippen LogP contribution is -2.37. The molecule has 2 aromatic rings. The maximum absolute atomic E-state index is 13.5. The van der Waals surface area contributed by atoms with Gasteiger partial charge < -0.3 is 15.2 Å². The fraction of sp³-hybridized carbons (Fsp3) is 0.583. The molecule has 3 heterocycles. The van der Waals surface area contributed by atoms with Gasteiger partial charge in [0.15, 0.2) is 9.84 Å².